The van der Waals surface area contributed by atoms with Crippen molar-refractivity contribution in [3.05, 3.63) is 23.8 Å². The van der Waals surface area contributed by atoms with E-state index in [9.17, 15) is 0 Å². The average Bonchev–Trinajstić information content (AvgIpc) is 2.82. The Balaban J connectivity index is 2.21. The fourth-order valence-electron chi connectivity index (χ4n) is 2.25. The van der Waals surface area contributed by atoms with E-state index < -0.39 is 0 Å². The Kier molecular flexibility index (Phi) is 3.70. The molecule has 96 valence electrons. The molecule has 18 heavy (non-hydrogen) atoms. The molecule has 5 heteroatoms. The molecule has 0 saturated carbocycles. The van der Waals surface area contributed by atoms with Gasteiger partial charge in [0.25, 0.3) is 0 Å². The third kappa shape index (κ3) is 2.26. The minimum Gasteiger partial charge on any atom is -0.398 e. The van der Waals surface area contributed by atoms with Crippen LogP contribution in [0.4, 0.5) is 11.4 Å². The summed E-state index contributed by atoms with van der Waals surface area (Å²) in [6.45, 7) is 1.51. The Hall–Kier alpha value is -1.77. The van der Waals surface area contributed by atoms with Crippen LogP contribution in [0.15, 0.2) is 18.2 Å². The van der Waals surface area contributed by atoms with Gasteiger partial charge in [-0.1, -0.05) is 0 Å². The number of nitrogens with two attached hydrogens (primary N) is 1. The van der Waals surface area contributed by atoms with Crippen molar-refractivity contribution in [3.8, 4) is 6.07 Å². The smallest absolute Gasteiger partial charge is 0.102 e. The van der Waals surface area contributed by atoms with Gasteiger partial charge in [0.2, 0.25) is 0 Å². The number of hydrogen-bond donors (Lipinski definition) is 1. The van der Waals surface area contributed by atoms with E-state index >= 15 is 0 Å². The normalized spacial score (nSPS) is 23.1. The number of nitriles is 1. The van der Waals surface area contributed by atoms with Crippen LogP contribution in [0.5, 0.6) is 0 Å². The van der Waals surface area contributed by atoms with Gasteiger partial charge in [-0.2, -0.15) is 5.26 Å². The summed E-state index contributed by atoms with van der Waals surface area (Å²) in [5.41, 5.74) is 7.70. The average molecular weight is 247 g/mol. The molecule has 1 aromatic rings. The van der Waals surface area contributed by atoms with Crippen LogP contribution in [0.3, 0.4) is 0 Å². The molecule has 0 amide bonds. The summed E-state index contributed by atoms with van der Waals surface area (Å²) in [4.78, 5) is 2.14. The molecule has 1 saturated heterocycles. The summed E-state index contributed by atoms with van der Waals surface area (Å²) in [5, 5.41) is 8.98. The maximum Gasteiger partial charge on any atom is 0.102 e. The molecule has 1 aliphatic rings. The quantitative estimate of drug-likeness (QED) is 0.806. The monoisotopic (exact) mass is 247 g/mol. The van der Waals surface area contributed by atoms with Gasteiger partial charge in [0.05, 0.1) is 5.56 Å². The molecular weight excluding hydrogens is 230 g/mol. The topological polar surface area (TPSA) is 71.5 Å². The van der Waals surface area contributed by atoms with Crippen LogP contribution in [0.1, 0.15) is 5.56 Å². The summed E-state index contributed by atoms with van der Waals surface area (Å²) in [5.74, 6) is 0. The number of anilines is 2. The first-order valence-electron chi connectivity index (χ1n) is 5.79. The third-order valence-electron chi connectivity index (χ3n) is 3.34. The molecule has 5 nitrogen and oxygen atoms in total. The Bertz CT molecular complexity index is 458. The molecule has 0 radical (unpaired) electrons. The van der Waals surface area contributed by atoms with Gasteiger partial charge in [-0.25, -0.2) is 0 Å². The van der Waals surface area contributed by atoms with Crippen molar-refractivity contribution in [2.45, 2.75) is 12.2 Å². The Labute approximate surface area is 107 Å². The molecule has 2 unspecified atom stereocenters. The van der Waals surface area contributed by atoms with Crippen molar-refractivity contribution in [1.29, 1.82) is 5.26 Å². The zero-order chi connectivity index (χ0) is 13.1. The number of rotatable bonds is 3. The van der Waals surface area contributed by atoms with E-state index in [4.69, 9.17) is 20.5 Å². The molecule has 0 aromatic heterocycles. The van der Waals surface area contributed by atoms with E-state index in [2.05, 4.69) is 11.0 Å². The number of hydrogen-bond acceptors (Lipinski definition) is 5. The highest BCUT2D eigenvalue weighted by molar-refractivity contribution is 5.63. The van der Waals surface area contributed by atoms with E-state index in [0.717, 1.165) is 18.8 Å². The lowest BCUT2D eigenvalue weighted by Crippen LogP contribution is -2.27. The van der Waals surface area contributed by atoms with Gasteiger partial charge >= 0.3 is 0 Å². The second-order valence-corrected chi connectivity index (χ2v) is 4.34. The van der Waals surface area contributed by atoms with Gasteiger partial charge < -0.3 is 20.1 Å². The number of ether oxygens (including phenoxy) is 2. The maximum absolute atomic E-state index is 8.98. The zero-order valence-corrected chi connectivity index (χ0v) is 10.6. The van der Waals surface area contributed by atoms with Crippen LogP contribution in [0, 0.1) is 11.3 Å². The van der Waals surface area contributed by atoms with E-state index in [-0.39, 0.29) is 12.2 Å². The van der Waals surface area contributed by atoms with Crippen LogP contribution in [-0.2, 0) is 9.47 Å². The fourth-order valence-corrected chi connectivity index (χ4v) is 2.25. The van der Waals surface area contributed by atoms with Gasteiger partial charge in [0, 0.05) is 38.7 Å². The number of benzene rings is 1. The van der Waals surface area contributed by atoms with Crippen molar-refractivity contribution >= 4 is 11.4 Å². The van der Waals surface area contributed by atoms with Gasteiger partial charge in [0.15, 0.2) is 0 Å². The first-order chi connectivity index (χ1) is 8.69. The molecule has 1 aliphatic heterocycles. The summed E-state index contributed by atoms with van der Waals surface area (Å²) in [7, 11) is 3.37. The molecule has 2 N–H and O–H groups in total. The number of nitrogen functional groups attached to an aromatic ring is 1. The summed E-state index contributed by atoms with van der Waals surface area (Å²) in [6.07, 6.45) is 0.108. The summed E-state index contributed by atoms with van der Waals surface area (Å²) >= 11 is 0. The van der Waals surface area contributed by atoms with E-state index in [1.165, 1.54) is 0 Å². The van der Waals surface area contributed by atoms with Crippen LogP contribution < -0.4 is 10.6 Å². The molecule has 0 bridgehead atoms. The Morgan fingerprint density at radius 1 is 1.28 bits per heavy atom. The zero-order valence-electron chi connectivity index (χ0n) is 10.6. The van der Waals surface area contributed by atoms with E-state index in [1.54, 1.807) is 26.4 Å². The molecule has 2 rings (SSSR count). The molecular formula is C13H17N3O2. The summed E-state index contributed by atoms with van der Waals surface area (Å²) in [6, 6.07) is 7.58. The predicted octanol–water partition coefficient (Wildman–Crippen LogP) is 0.990. The maximum atomic E-state index is 8.98. The lowest BCUT2D eigenvalue weighted by atomic mass is 10.1. The van der Waals surface area contributed by atoms with Crippen molar-refractivity contribution in [2.24, 2.45) is 0 Å². The first-order valence-corrected chi connectivity index (χ1v) is 5.79. The highest BCUT2D eigenvalue weighted by Gasteiger charge is 2.33. The van der Waals surface area contributed by atoms with Crippen LogP contribution in [0.25, 0.3) is 0 Å². The highest BCUT2D eigenvalue weighted by Crippen LogP contribution is 2.26. The second kappa shape index (κ2) is 5.25. The van der Waals surface area contributed by atoms with Crippen LogP contribution in [0.2, 0.25) is 0 Å². The lowest BCUT2D eigenvalue weighted by molar-refractivity contribution is -0.00461. The lowest BCUT2D eigenvalue weighted by Gasteiger charge is -2.18. The molecule has 0 spiro atoms. The van der Waals surface area contributed by atoms with Crippen LogP contribution >= 0.6 is 0 Å². The SMILES string of the molecule is COC1CN(c2ccc(N)c(C#N)c2)CC1OC. The largest absolute Gasteiger partial charge is 0.398 e. The second-order valence-electron chi connectivity index (χ2n) is 4.34. The minimum absolute atomic E-state index is 0.0538. The van der Waals surface area contributed by atoms with Crippen molar-refractivity contribution in [2.75, 3.05) is 37.9 Å². The fraction of sp³-hybridized carbons (Fsp3) is 0.462. The van der Waals surface area contributed by atoms with Crippen LogP contribution in [-0.4, -0.2) is 39.5 Å². The van der Waals surface area contributed by atoms with Gasteiger partial charge in [-0.3, -0.25) is 0 Å². The van der Waals surface area contributed by atoms with E-state index in [0.29, 0.717) is 11.3 Å². The molecule has 1 fully saturated rings. The van der Waals surface area contributed by atoms with Gasteiger partial charge in [-0.05, 0) is 18.2 Å². The van der Waals surface area contributed by atoms with Gasteiger partial charge in [0.1, 0.15) is 18.3 Å². The molecule has 0 aliphatic carbocycles. The minimum atomic E-state index is 0.0538. The molecule has 1 heterocycles. The Morgan fingerprint density at radius 2 is 1.89 bits per heavy atom. The summed E-state index contributed by atoms with van der Waals surface area (Å²) < 4.78 is 10.8. The molecule has 1 aromatic carbocycles. The predicted molar refractivity (Wildman–Crippen MR) is 69.4 cm³/mol. The van der Waals surface area contributed by atoms with Gasteiger partial charge in [-0.15, -0.1) is 0 Å². The standard InChI is InChI=1S/C13H17N3O2/c1-17-12-7-16(8-13(12)18-2)10-3-4-11(15)9(5-10)6-14/h3-5,12-13H,7-8,15H2,1-2H3. The van der Waals surface area contributed by atoms with Crippen molar-refractivity contribution in [1.82, 2.24) is 0 Å². The third-order valence-corrected chi connectivity index (χ3v) is 3.34. The van der Waals surface area contributed by atoms with E-state index in [1.807, 2.05) is 6.07 Å². The first kappa shape index (κ1) is 12.7. The van der Waals surface area contributed by atoms with Crippen molar-refractivity contribution in [3.63, 3.8) is 0 Å². The van der Waals surface area contributed by atoms with Crippen molar-refractivity contribution < 1.29 is 9.47 Å². The highest BCUT2D eigenvalue weighted by atomic mass is 16.5. The molecule has 2 atom stereocenters. The number of methoxy groups -OCH3 is 2. The number of nitrogens with zero attached hydrogens (tertiary/aromatic N) is 2. The Morgan fingerprint density at radius 3 is 2.39 bits per heavy atom.